The SMILES string of the molecule is CCC.CCC.O.O.O.O=C=O.O=C=O.O=CO.[HH].[HH].[HH].[HH]. The van der Waals surface area contributed by atoms with E-state index in [0.29, 0.717) is 0 Å². The van der Waals surface area contributed by atoms with Crippen molar-refractivity contribution in [2.75, 3.05) is 0 Å². The lowest BCUT2D eigenvalue weighted by Crippen LogP contribution is -1.49. The lowest BCUT2D eigenvalue weighted by molar-refractivity contribution is -0.193. The Labute approximate surface area is 112 Å². The second kappa shape index (κ2) is 311. The van der Waals surface area contributed by atoms with Gasteiger partial charge >= 0.3 is 12.3 Å². The maximum atomic E-state index is 8.36. The van der Waals surface area contributed by atoms with E-state index in [1.165, 1.54) is 12.8 Å². The van der Waals surface area contributed by atoms with Gasteiger partial charge in [-0.05, 0) is 0 Å². The summed E-state index contributed by atoms with van der Waals surface area (Å²) >= 11 is 0. The summed E-state index contributed by atoms with van der Waals surface area (Å²) in [5.74, 6) is 0. The molecular formula is C9H32O9. The zero-order chi connectivity index (χ0) is 13.5. The predicted octanol–water partition coefficient (Wildman–Crippen LogP) is -0.124. The van der Waals surface area contributed by atoms with Crippen molar-refractivity contribution in [2.24, 2.45) is 0 Å². The van der Waals surface area contributed by atoms with Crippen LogP contribution in [0.5, 0.6) is 0 Å². The fourth-order valence-corrected chi connectivity index (χ4v) is 0. The molecule has 0 fully saturated rings. The molecule has 7 N–H and O–H groups in total. The first kappa shape index (κ1) is 55.9. The Bertz CT molecular complexity index is 136. The molecule has 0 bridgehead atoms. The van der Waals surface area contributed by atoms with Crippen LogP contribution in [-0.4, -0.2) is 40.3 Å². The van der Waals surface area contributed by atoms with E-state index in [0.717, 1.165) is 0 Å². The van der Waals surface area contributed by atoms with Crippen LogP contribution in [0.1, 0.15) is 46.2 Å². The first-order chi connectivity index (χ1) is 7.07. The van der Waals surface area contributed by atoms with E-state index >= 15 is 0 Å². The first-order valence-corrected chi connectivity index (χ1v) is 4.14. The molecular weight excluding hydrogens is 252 g/mol. The van der Waals surface area contributed by atoms with Gasteiger partial charge < -0.3 is 21.5 Å². The van der Waals surface area contributed by atoms with Gasteiger partial charge in [0, 0.05) is 5.71 Å². The Morgan fingerprint density at radius 3 is 0.833 bits per heavy atom. The highest BCUT2D eigenvalue weighted by atomic mass is 16.3. The van der Waals surface area contributed by atoms with E-state index in [-0.39, 0.29) is 40.9 Å². The number of rotatable bonds is 0. The van der Waals surface area contributed by atoms with Crippen molar-refractivity contribution in [2.45, 2.75) is 40.5 Å². The zero-order valence-electron chi connectivity index (χ0n) is 11.0. The molecule has 0 rings (SSSR count). The molecule has 0 atom stereocenters. The van der Waals surface area contributed by atoms with Crippen LogP contribution in [0.2, 0.25) is 0 Å². The van der Waals surface area contributed by atoms with Crippen molar-refractivity contribution in [1.29, 1.82) is 0 Å². The minimum absolute atomic E-state index is 0. The van der Waals surface area contributed by atoms with E-state index in [4.69, 9.17) is 29.1 Å². The van der Waals surface area contributed by atoms with Crippen molar-refractivity contribution in [3.63, 3.8) is 0 Å². The number of carbonyl (C=O) groups is 1. The molecule has 0 aromatic carbocycles. The van der Waals surface area contributed by atoms with Crippen molar-refractivity contribution >= 4 is 18.8 Å². The predicted molar refractivity (Wildman–Crippen MR) is 69.9 cm³/mol. The van der Waals surface area contributed by atoms with Gasteiger partial charge in [0.2, 0.25) is 0 Å². The lowest BCUT2D eigenvalue weighted by atomic mass is 10.6. The van der Waals surface area contributed by atoms with Crippen molar-refractivity contribution in [3.8, 4) is 0 Å². The van der Waals surface area contributed by atoms with Crippen LogP contribution in [-0.2, 0) is 24.0 Å². The molecule has 0 radical (unpaired) electrons. The van der Waals surface area contributed by atoms with Crippen LogP contribution >= 0.6 is 0 Å². The molecule has 0 aliphatic carbocycles. The highest BCUT2D eigenvalue weighted by Gasteiger charge is 1.36. The Morgan fingerprint density at radius 1 is 0.833 bits per heavy atom. The maximum Gasteiger partial charge on any atom is 0.373 e. The summed E-state index contributed by atoms with van der Waals surface area (Å²) in [6.45, 7) is 8.25. The molecule has 122 valence electrons. The summed E-state index contributed by atoms with van der Waals surface area (Å²) in [5, 5.41) is 6.89. The van der Waals surface area contributed by atoms with E-state index in [1.807, 2.05) is 0 Å². The van der Waals surface area contributed by atoms with Crippen LogP contribution in [0, 0.1) is 0 Å². The smallest absolute Gasteiger partial charge is 0.373 e. The molecule has 0 amide bonds. The number of carboxylic acid groups (broad SMARTS) is 1. The monoisotopic (exact) mass is 284 g/mol. The van der Waals surface area contributed by atoms with Gasteiger partial charge in [-0.2, -0.15) is 19.2 Å². The highest BCUT2D eigenvalue weighted by Crippen LogP contribution is 1.56. The third-order valence-corrected chi connectivity index (χ3v) is 0. The van der Waals surface area contributed by atoms with Crippen molar-refractivity contribution in [1.82, 2.24) is 0 Å². The quantitative estimate of drug-likeness (QED) is 0.600. The molecule has 18 heavy (non-hydrogen) atoms. The van der Waals surface area contributed by atoms with Crippen LogP contribution in [0.15, 0.2) is 0 Å². The molecule has 0 heterocycles. The Hall–Kier alpha value is -1.89. The highest BCUT2D eigenvalue weighted by molar-refractivity contribution is 5.32. The lowest BCUT2D eigenvalue weighted by Gasteiger charge is -1.48. The summed E-state index contributed by atoms with van der Waals surface area (Å²) in [6, 6.07) is 0. The van der Waals surface area contributed by atoms with Gasteiger partial charge in [-0.15, -0.1) is 0 Å². The van der Waals surface area contributed by atoms with Crippen LogP contribution in [0.4, 0.5) is 0 Å². The molecule has 0 aromatic heterocycles. The van der Waals surface area contributed by atoms with Gasteiger partial charge in [-0.3, -0.25) is 4.79 Å². The molecule has 0 aromatic rings. The normalized spacial score (nSPS) is 3.56. The summed E-state index contributed by atoms with van der Waals surface area (Å²) in [4.78, 5) is 40.9. The Morgan fingerprint density at radius 2 is 0.833 bits per heavy atom. The van der Waals surface area contributed by atoms with Gasteiger partial charge in [0.15, 0.2) is 0 Å². The van der Waals surface area contributed by atoms with Crippen LogP contribution in [0.25, 0.3) is 0 Å². The topological polar surface area (TPSA) is 200 Å². The van der Waals surface area contributed by atoms with Gasteiger partial charge in [0.1, 0.15) is 0 Å². The summed E-state index contributed by atoms with van der Waals surface area (Å²) in [7, 11) is 0. The van der Waals surface area contributed by atoms with Crippen molar-refractivity contribution in [3.05, 3.63) is 0 Å². The first-order valence-electron chi connectivity index (χ1n) is 4.14. The molecule has 0 spiro atoms. The molecule has 9 heteroatoms. The summed E-state index contributed by atoms with van der Waals surface area (Å²) < 4.78 is 0. The molecule has 0 aliphatic heterocycles. The number of carbonyl (C=O) groups excluding carboxylic acids is 4. The van der Waals surface area contributed by atoms with Crippen LogP contribution < -0.4 is 0 Å². The average Bonchev–Trinajstić information content (AvgIpc) is 2.09. The van der Waals surface area contributed by atoms with Gasteiger partial charge in [0.05, 0.1) is 0 Å². The molecule has 0 aliphatic rings. The number of hydrogen-bond acceptors (Lipinski definition) is 5. The maximum absolute atomic E-state index is 8.36. The largest absolute Gasteiger partial charge is 0.483 e. The summed E-state index contributed by atoms with van der Waals surface area (Å²) in [6.07, 6.45) is 3.00. The summed E-state index contributed by atoms with van der Waals surface area (Å²) in [5.41, 5.74) is 0. The molecule has 9 nitrogen and oxygen atoms in total. The van der Waals surface area contributed by atoms with E-state index in [2.05, 4.69) is 27.7 Å². The molecule has 0 saturated carbocycles. The minimum Gasteiger partial charge on any atom is -0.483 e. The number of hydrogen-bond donors (Lipinski definition) is 1. The van der Waals surface area contributed by atoms with Gasteiger partial charge in [0.25, 0.3) is 6.47 Å². The molecule has 0 saturated heterocycles. The zero-order valence-corrected chi connectivity index (χ0v) is 11.0. The third-order valence-electron chi connectivity index (χ3n) is 0. The fourth-order valence-electron chi connectivity index (χ4n) is 0. The molecule has 0 unspecified atom stereocenters. The Kier molecular flexibility index (Phi) is 966. The van der Waals surface area contributed by atoms with Crippen LogP contribution in [0.3, 0.4) is 0 Å². The fraction of sp³-hybridized carbons (Fsp3) is 0.667. The van der Waals surface area contributed by atoms with E-state index in [9.17, 15) is 0 Å². The Balaban J connectivity index is -0.00000000526. The third kappa shape index (κ3) is 679. The second-order valence-electron chi connectivity index (χ2n) is 1.69. The second-order valence-corrected chi connectivity index (χ2v) is 1.69. The van der Waals surface area contributed by atoms with E-state index < -0.39 is 0 Å². The van der Waals surface area contributed by atoms with Gasteiger partial charge in [-0.25, -0.2) is 0 Å². The van der Waals surface area contributed by atoms with E-state index in [1.54, 1.807) is 0 Å². The average molecular weight is 284 g/mol. The standard InChI is InChI=1S/2C3H8.CH2O2.2CO2.3H2O.4H2/c2*1-3-2;3*2-1-3;;;;;;;/h2*3H2,1-2H3;1H,(H,2,3);;;3*1H2;4*1H. The van der Waals surface area contributed by atoms with Crippen molar-refractivity contribution < 1.29 is 51.2 Å². The minimum atomic E-state index is -0.250. The van der Waals surface area contributed by atoms with Gasteiger partial charge in [-0.1, -0.05) is 40.5 Å².